The molecule has 1 unspecified atom stereocenters. The van der Waals surface area contributed by atoms with Gasteiger partial charge >= 0.3 is 16.3 Å². The molecular formula is C14H21N3O5S. The molecule has 1 aromatic rings. The molecule has 1 aliphatic heterocycles. The van der Waals surface area contributed by atoms with Crippen LogP contribution in [0.3, 0.4) is 0 Å². The molecule has 1 aromatic carbocycles. The highest BCUT2D eigenvalue weighted by Gasteiger charge is 2.27. The van der Waals surface area contributed by atoms with Crippen LogP contribution in [0.4, 0.5) is 16.2 Å². The van der Waals surface area contributed by atoms with Gasteiger partial charge in [0.15, 0.2) is 0 Å². The molecule has 0 bridgehead atoms. The van der Waals surface area contributed by atoms with Crippen LogP contribution in [0.2, 0.25) is 0 Å². The van der Waals surface area contributed by atoms with Gasteiger partial charge in [-0.3, -0.25) is 10.0 Å². The zero-order valence-corrected chi connectivity index (χ0v) is 13.9. The van der Waals surface area contributed by atoms with Gasteiger partial charge in [-0.05, 0) is 38.1 Å². The molecule has 1 saturated heterocycles. The minimum Gasteiger partial charge on any atom is -0.450 e. The van der Waals surface area contributed by atoms with E-state index in [0.29, 0.717) is 31.1 Å². The summed E-state index contributed by atoms with van der Waals surface area (Å²) in [6.45, 7) is 4.84. The summed E-state index contributed by atoms with van der Waals surface area (Å²) in [6, 6.07) is 6.33. The van der Waals surface area contributed by atoms with E-state index in [1.165, 1.54) is 4.31 Å². The highest BCUT2D eigenvalue weighted by molar-refractivity contribution is 7.90. The van der Waals surface area contributed by atoms with E-state index >= 15 is 0 Å². The Hall–Kier alpha value is -1.84. The number of benzene rings is 1. The first-order valence-corrected chi connectivity index (χ1v) is 8.78. The van der Waals surface area contributed by atoms with Crippen LogP contribution >= 0.6 is 0 Å². The smallest absolute Gasteiger partial charge is 0.411 e. The molecule has 128 valence electrons. The molecule has 1 fully saturated rings. The lowest BCUT2D eigenvalue weighted by molar-refractivity contribution is 0.0104. The highest BCUT2D eigenvalue weighted by Crippen LogP contribution is 2.17. The maximum atomic E-state index is 12.3. The van der Waals surface area contributed by atoms with Crippen molar-refractivity contribution in [1.29, 1.82) is 0 Å². The second kappa shape index (κ2) is 7.62. The van der Waals surface area contributed by atoms with Crippen molar-refractivity contribution in [1.82, 2.24) is 4.31 Å². The summed E-state index contributed by atoms with van der Waals surface area (Å²) in [4.78, 5) is 11.3. The van der Waals surface area contributed by atoms with E-state index in [2.05, 4.69) is 10.0 Å². The lowest BCUT2D eigenvalue weighted by atomic mass is 10.3. The molecule has 0 aromatic heterocycles. The topological polar surface area (TPSA) is 97.0 Å². The number of carbonyl (C=O) groups is 1. The van der Waals surface area contributed by atoms with E-state index in [1.54, 1.807) is 31.2 Å². The van der Waals surface area contributed by atoms with Gasteiger partial charge < -0.3 is 9.47 Å². The standard InChI is InChI=1S/C14H21N3O5S/c1-3-21-14(18)15-12-4-6-13(7-5-12)16-23(19,20)17-8-9-22-11(2)10-17/h4-7,11,16H,3,8-10H2,1-2H3,(H,15,18). The average Bonchev–Trinajstić information content (AvgIpc) is 2.49. The predicted molar refractivity (Wildman–Crippen MR) is 86.6 cm³/mol. The number of amides is 1. The fourth-order valence-electron chi connectivity index (χ4n) is 2.12. The van der Waals surface area contributed by atoms with Crippen molar-refractivity contribution in [3.8, 4) is 0 Å². The second-order valence-electron chi connectivity index (χ2n) is 5.07. The summed E-state index contributed by atoms with van der Waals surface area (Å²) in [5, 5.41) is 2.54. The average molecular weight is 343 g/mol. The van der Waals surface area contributed by atoms with Crippen LogP contribution in [-0.4, -0.2) is 51.2 Å². The van der Waals surface area contributed by atoms with E-state index in [-0.39, 0.29) is 12.7 Å². The number of morpholine rings is 1. The summed E-state index contributed by atoms with van der Waals surface area (Å²) >= 11 is 0. The van der Waals surface area contributed by atoms with Gasteiger partial charge in [-0.25, -0.2) is 4.79 Å². The number of anilines is 2. The van der Waals surface area contributed by atoms with E-state index in [1.807, 2.05) is 6.92 Å². The number of carbonyl (C=O) groups excluding carboxylic acids is 1. The van der Waals surface area contributed by atoms with Gasteiger partial charge in [0.05, 0.1) is 19.3 Å². The van der Waals surface area contributed by atoms with E-state index < -0.39 is 16.3 Å². The normalized spacial score (nSPS) is 19.1. The molecule has 0 saturated carbocycles. The Morgan fingerprint density at radius 3 is 2.61 bits per heavy atom. The fraction of sp³-hybridized carbons (Fsp3) is 0.500. The van der Waals surface area contributed by atoms with Crippen LogP contribution in [0.15, 0.2) is 24.3 Å². The fourth-order valence-corrected chi connectivity index (χ4v) is 3.41. The minimum atomic E-state index is -3.62. The Bertz CT molecular complexity index is 632. The van der Waals surface area contributed by atoms with Crippen molar-refractivity contribution in [2.24, 2.45) is 0 Å². The third-order valence-electron chi connectivity index (χ3n) is 3.20. The quantitative estimate of drug-likeness (QED) is 0.847. The lowest BCUT2D eigenvalue weighted by Gasteiger charge is -2.30. The van der Waals surface area contributed by atoms with Gasteiger partial charge in [0.2, 0.25) is 0 Å². The molecule has 23 heavy (non-hydrogen) atoms. The highest BCUT2D eigenvalue weighted by atomic mass is 32.2. The van der Waals surface area contributed by atoms with Crippen molar-refractivity contribution in [3.63, 3.8) is 0 Å². The van der Waals surface area contributed by atoms with Crippen LogP contribution in [0, 0.1) is 0 Å². The molecule has 2 rings (SSSR count). The van der Waals surface area contributed by atoms with Crippen molar-refractivity contribution in [3.05, 3.63) is 24.3 Å². The van der Waals surface area contributed by atoms with Gasteiger partial charge in [-0.2, -0.15) is 12.7 Å². The van der Waals surface area contributed by atoms with E-state index in [0.717, 1.165) is 0 Å². The molecular weight excluding hydrogens is 322 g/mol. The molecule has 1 amide bonds. The van der Waals surface area contributed by atoms with Gasteiger partial charge in [-0.1, -0.05) is 0 Å². The third-order valence-corrected chi connectivity index (χ3v) is 4.70. The second-order valence-corrected chi connectivity index (χ2v) is 6.74. The summed E-state index contributed by atoms with van der Waals surface area (Å²) < 4.78 is 38.6. The molecule has 1 aliphatic rings. The van der Waals surface area contributed by atoms with Crippen LogP contribution in [0.1, 0.15) is 13.8 Å². The molecule has 0 aliphatic carbocycles. The molecule has 1 atom stereocenters. The maximum absolute atomic E-state index is 12.3. The van der Waals surface area contributed by atoms with Gasteiger partial charge in [-0.15, -0.1) is 0 Å². The number of ether oxygens (including phenoxy) is 2. The number of nitrogens with one attached hydrogen (secondary N) is 2. The number of nitrogens with zero attached hydrogens (tertiary/aromatic N) is 1. The van der Waals surface area contributed by atoms with E-state index in [9.17, 15) is 13.2 Å². The van der Waals surface area contributed by atoms with Crippen LogP contribution in [0.5, 0.6) is 0 Å². The molecule has 0 spiro atoms. The molecule has 0 radical (unpaired) electrons. The Morgan fingerprint density at radius 2 is 2.00 bits per heavy atom. The Morgan fingerprint density at radius 1 is 1.35 bits per heavy atom. The minimum absolute atomic E-state index is 0.128. The monoisotopic (exact) mass is 343 g/mol. The Kier molecular flexibility index (Phi) is 5.80. The van der Waals surface area contributed by atoms with Crippen LogP contribution in [-0.2, 0) is 19.7 Å². The molecule has 8 nitrogen and oxygen atoms in total. The summed E-state index contributed by atoms with van der Waals surface area (Å²) in [7, 11) is -3.62. The molecule has 2 N–H and O–H groups in total. The molecule has 1 heterocycles. The van der Waals surface area contributed by atoms with Gasteiger partial charge in [0, 0.05) is 24.5 Å². The summed E-state index contributed by atoms with van der Waals surface area (Å²) in [5.74, 6) is 0. The number of hydrogen-bond acceptors (Lipinski definition) is 5. The first-order valence-electron chi connectivity index (χ1n) is 7.34. The SMILES string of the molecule is CCOC(=O)Nc1ccc(NS(=O)(=O)N2CCOC(C)C2)cc1. The van der Waals surface area contributed by atoms with Crippen LogP contribution in [0.25, 0.3) is 0 Å². The zero-order chi connectivity index (χ0) is 16.9. The van der Waals surface area contributed by atoms with Gasteiger partial charge in [0.25, 0.3) is 0 Å². The van der Waals surface area contributed by atoms with Crippen LogP contribution < -0.4 is 10.0 Å². The lowest BCUT2D eigenvalue weighted by Crippen LogP contribution is -2.46. The van der Waals surface area contributed by atoms with Crippen molar-refractivity contribution < 1.29 is 22.7 Å². The predicted octanol–water partition coefficient (Wildman–Crippen LogP) is 1.63. The van der Waals surface area contributed by atoms with Crippen molar-refractivity contribution >= 4 is 27.7 Å². The van der Waals surface area contributed by atoms with E-state index in [4.69, 9.17) is 9.47 Å². The first kappa shape index (κ1) is 17.5. The summed E-state index contributed by atoms with van der Waals surface area (Å²) in [6.07, 6.45) is -0.681. The van der Waals surface area contributed by atoms with Crippen molar-refractivity contribution in [2.75, 3.05) is 36.3 Å². The maximum Gasteiger partial charge on any atom is 0.411 e. The Balaban J connectivity index is 1.98. The largest absolute Gasteiger partial charge is 0.450 e. The molecule has 9 heteroatoms. The zero-order valence-electron chi connectivity index (χ0n) is 13.1. The van der Waals surface area contributed by atoms with Crippen molar-refractivity contribution in [2.45, 2.75) is 20.0 Å². The number of rotatable bonds is 5. The van der Waals surface area contributed by atoms with Gasteiger partial charge in [0.1, 0.15) is 0 Å². The number of hydrogen-bond donors (Lipinski definition) is 2. The Labute approximate surface area is 135 Å². The first-order chi connectivity index (χ1) is 10.9. The summed E-state index contributed by atoms with van der Waals surface area (Å²) in [5.41, 5.74) is 0.935. The third kappa shape index (κ3) is 5.08.